The third-order valence-electron chi connectivity index (χ3n) is 4.48. The van der Waals surface area contributed by atoms with Gasteiger partial charge >= 0.3 is 0 Å². The van der Waals surface area contributed by atoms with Crippen LogP contribution in [0, 0.1) is 11.8 Å². The van der Waals surface area contributed by atoms with Crippen molar-refractivity contribution in [3.8, 4) is 11.8 Å². The van der Waals surface area contributed by atoms with Crippen molar-refractivity contribution in [2.24, 2.45) is 0 Å². The summed E-state index contributed by atoms with van der Waals surface area (Å²) in [5.41, 5.74) is 1.37. The monoisotopic (exact) mass is 416 g/mol. The van der Waals surface area contributed by atoms with Gasteiger partial charge in [0.05, 0.1) is 10.0 Å². The first kappa shape index (κ1) is 20.5. The van der Waals surface area contributed by atoms with Crippen molar-refractivity contribution in [1.29, 1.82) is 0 Å². The normalized spacial score (nSPS) is 14.5. The molecule has 0 bridgehead atoms. The molecule has 1 heterocycles. The molecule has 28 heavy (non-hydrogen) atoms. The van der Waals surface area contributed by atoms with Crippen molar-refractivity contribution in [2.45, 2.75) is 19.4 Å². The number of halogens is 2. The molecule has 0 aromatic heterocycles. The first-order chi connectivity index (χ1) is 13.2. The molecule has 1 saturated heterocycles. The molecule has 0 atom stereocenters. The molecule has 0 unspecified atom stereocenters. The summed E-state index contributed by atoms with van der Waals surface area (Å²) in [5, 5.41) is 10.7. The molecule has 4 nitrogen and oxygen atoms in total. The maximum Gasteiger partial charge on any atom is 0.253 e. The minimum absolute atomic E-state index is 0.00999. The van der Waals surface area contributed by atoms with E-state index in [9.17, 15) is 9.90 Å². The fourth-order valence-corrected chi connectivity index (χ4v) is 3.25. The van der Waals surface area contributed by atoms with Crippen LogP contribution >= 0.6 is 23.2 Å². The molecule has 1 amide bonds. The summed E-state index contributed by atoms with van der Waals surface area (Å²) >= 11 is 12.1. The number of benzene rings is 2. The van der Waals surface area contributed by atoms with Crippen LogP contribution in [0.25, 0.3) is 0 Å². The zero-order chi connectivity index (χ0) is 20.3. The second-order valence-corrected chi connectivity index (χ2v) is 8.08. The molecule has 6 heteroatoms. The van der Waals surface area contributed by atoms with E-state index in [0.29, 0.717) is 28.7 Å². The number of amides is 1. The van der Waals surface area contributed by atoms with Gasteiger partial charge < -0.3 is 14.9 Å². The number of piperazine rings is 1. The quantitative estimate of drug-likeness (QED) is 0.749. The average molecular weight is 417 g/mol. The van der Waals surface area contributed by atoms with E-state index in [1.54, 1.807) is 44.2 Å². The summed E-state index contributed by atoms with van der Waals surface area (Å²) in [4.78, 5) is 16.8. The maximum absolute atomic E-state index is 12.8. The average Bonchev–Trinajstić information content (AvgIpc) is 2.68. The SMILES string of the molecule is CC(C)(O)C#Cc1ccc(C(=O)N2CCN(c3ccc(Cl)c(Cl)c3)CC2)cc1. The number of carbonyl (C=O) groups excluding carboxylic acids is 1. The van der Waals surface area contributed by atoms with Gasteiger partial charge in [-0.1, -0.05) is 35.0 Å². The fraction of sp³-hybridized carbons (Fsp3) is 0.318. The minimum Gasteiger partial charge on any atom is -0.378 e. The first-order valence-electron chi connectivity index (χ1n) is 9.08. The van der Waals surface area contributed by atoms with Crippen LogP contribution in [0.5, 0.6) is 0 Å². The van der Waals surface area contributed by atoms with Crippen LogP contribution in [0.2, 0.25) is 10.0 Å². The minimum atomic E-state index is -1.04. The number of nitrogens with zero attached hydrogens (tertiary/aromatic N) is 2. The van der Waals surface area contributed by atoms with E-state index in [2.05, 4.69) is 16.7 Å². The van der Waals surface area contributed by atoms with E-state index in [1.807, 2.05) is 17.0 Å². The van der Waals surface area contributed by atoms with E-state index in [-0.39, 0.29) is 5.91 Å². The summed E-state index contributed by atoms with van der Waals surface area (Å²) in [5.74, 6) is 5.69. The Balaban J connectivity index is 1.61. The van der Waals surface area contributed by atoms with Gasteiger partial charge in [-0.2, -0.15) is 0 Å². The largest absolute Gasteiger partial charge is 0.378 e. The van der Waals surface area contributed by atoms with Crippen LogP contribution in [0.4, 0.5) is 5.69 Å². The Morgan fingerprint density at radius 3 is 2.21 bits per heavy atom. The third kappa shape index (κ3) is 5.20. The lowest BCUT2D eigenvalue weighted by Crippen LogP contribution is -2.48. The molecule has 3 rings (SSSR count). The Hall–Kier alpha value is -2.19. The second kappa shape index (κ2) is 8.45. The van der Waals surface area contributed by atoms with E-state index in [0.717, 1.165) is 24.3 Å². The highest BCUT2D eigenvalue weighted by Gasteiger charge is 2.22. The zero-order valence-corrected chi connectivity index (χ0v) is 17.4. The Morgan fingerprint density at radius 1 is 1.00 bits per heavy atom. The topological polar surface area (TPSA) is 43.8 Å². The van der Waals surface area contributed by atoms with Gasteiger partial charge in [0, 0.05) is 43.0 Å². The number of carbonyl (C=O) groups is 1. The fourth-order valence-electron chi connectivity index (χ4n) is 2.95. The zero-order valence-electron chi connectivity index (χ0n) is 15.9. The molecule has 1 fully saturated rings. The molecule has 1 N–H and O–H groups in total. The molecule has 0 spiro atoms. The van der Waals surface area contributed by atoms with Crippen molar-refractivity contribution < 1.29 is 9.90 Å². The Kier molecular flexibility index (Phi) is 6.20. The molecular weight excluding hydrogens is 395 g/mol. The van der Waals surface area contributed by atoms with Crippen molar-refractivity contribution in [2.75, 3.05) is 31.1 Å². The number of rotatable bonds is 2. The van der Waals surface area contributed by atoms with Crippen LogP contribution in [-0.4, -0.2) is 47.7 Å². The van der Waals surface area contributed by atoms with Crippen LogP contribution in [0.1, 0.15) is 29.8 Å². The van der Waals surface area contributed by atoms with Gasteiger partial charge in [-0.25, -0.2) is 0 Å². The smallest absolute Gasteiger partial charge is 0.253 e. The Morgan fingerprint density at radius 2 is 1.64 bits per heavy atom. The molecule has 1 aliphatic heterocycles. The lowest BCUT2D eigenvalue weighted by molar-refractivity contribution is 0.0746. The first-order valence-corrected chi connectivity index (χ1v) is 9.83. The molecule has 1 aliphatic rings. The molecule has 146 valence electrons. The molecule has 0 saturated carbocycles. The summed E-state index contributed by atoms with van der Waals surface area (Å²) in [7, 11) is 0. The predicted octanol–water partition coefficient (Wildman–Crippen LogP) is 4.08. The highest BCUT2D eigenvalue weighted by Crippen LogP contribution is 2.28. The van der Waals surface area contributed by atoms with Gasteiger partial charge in [0.2, 0.25) is 0 Å². The maximum atomic E-state index is 12.8. The molecule has 0 radical (unpaired) electrons. The van der Waals surface area contributed by atoms with E-state index in [4.69, 9.17) is 23.2 Å². The lowest BCUT2D eigenvalue weighted by Gasteiger charge is -2.36. The van der Waals surface area contributed by atoms with Crippen LogP contribution < -0.4 is 4.90 Å². The van der Waals surface area contributed by atoms with Gasteiger partial charge in [0.15, 0.2) is 0 Å². The highest BCUT2D eigenvalue weighted by molar-refractivity contribution is 6.42. The number of hydrogen-bond donors (Lipinski definition) is 1. The van der Waals surface area contributed by atoms with E-state index >= 15 is 0 Å². The van der Waals surface area contributed by atoms with E-state index in [1.165, 1.54) is 0 Å². The number of hydrogen-bond acceptors (Lipinski definition) is 3. The molecular formula is C22H22Cl2N2O2. The van der Waals surface area contributed by atoms with Gasteiger partial charge in [0.25, 0.3) is 5.91 Å². The van der Waals surface area contributed by atoms with Crippen molar-refractivity contribution >= 4 is 34.8 Å². The lowest BCUT2D eigenvalue weighted by atomic mass is 10.1. The van der Waals surface area contributed by atoms with Crippen LogP contribution in [0.15, 0.2) is 42.5 Å². The third-order valence-corrected chi connectivity index (χ3v) is 5.22. The van der Waals surface area contributed by atoms with E-state index < -0.39 is 5.60 Å². The highest BCUT2D eigenvalue weighted by atomic mass is 35.5. The van der Waals surface area contributed by atoms with Crippen molar-refractivity contribution in [3.05, 3.63) is 63.6 Å². The molecule has 0 aliphatic carbocycles. The summed E-state index contributed by atoms with van der Waals surface area (Å²) in [6, 6.07) is 12.8. The van der Waals surface area contributed by atoms with Crippen LogP contribution in [-0.2, 0) is 0 Å². The van der Waals surface area contributed by atoms with Crippen molar-refractivity contribution in [3.63, 3.8) is 0 Å². The van der Waals surface area contributed by atoms with Gasteiger partial charge in [-0.3, -0.25) is 4.79 Å². The number of aliphatic hydroxyl groups is 1. The van der Waals surface area contributed by atoms with Gasteiger partial charge in [0.1, 0.15) is 5.60 Å². The summed E-state index contributed by atoms with van der Waals surface area (Å²) in [6.07, 6.45) is 0. The van der Waals surface area contributed by atoms with Gasteiger partial charge in [-0.05, 0) is 56.3 Å². The second-order valence-electron chi connectivity index (χ2n) is 7.26. The Labute approximate surface area is 175 Å². The standard InChI is InChI=1S/C22H22Cl2N2O2/c1-22(2,28)10-9-16-3-5-17(6-4-16)21(27)26-13-11-25(12-14-26)18-7-8-19(23)20(24)15-18/h3-8,15,28H,11-14H2,1-2H3. The summed E-state index contributed by atoms with van der Waals surface area (Å²) in [6.45, 7) is 6.02. The van der Waals surface area contributed by atoms with Gasteiger partial charge in [-0.15, -0.1) is 0 Å². The number of anilines is 1. The van der Waals surface area contributed by atoms with Crippen molar-refractivity contribution in [1.82, 2.24) is 4.90 Å². The molecule has 2 aromatic carbocycles. The predicted molar refractivity (Wildman–Crippen MR) is 114 cm³/mol. The Bertz CT molecular complexity index is 916. The summed E-state index contributed by atoms with van der Waals surface area (Å²) < 4.78 is 0. The van der Waals surface area contributed by atoms with Crippen LogP contribution in [0.3, 0.4) is 0 Å². The molecule has 2 aromatic rings.